The van der Waals surface area contributed by atoms with Crippen molar-refractivity contribution in [3.8, 4) is 0 Å². The Morgan fingerprint density at radius 3 is 2.57 bits per heavy atom. The lowest BCUT2D eigenvalue weighted by molar-refractivity contribution is -0.385. The smallest absolute Gasteiger partial charge is 0.338 e. The average Bonchev–Trinajstić information content (AvgIpc) is 2.98. The number of hydrogen-bond acceptors (Lipinski definition) is 7. The van der Waals surface area contributed by atoms with Gasteiger partial charge >= 0.3 is 5.97 Å². The van der Waals surface area contributed by atoms with E-state index in [0.717, 1.165) is 0 Å². The van der Waals surface area contributed by atoms with E-state index in [2.05, 4.69) is 0 Å². The number of esters is 1. The highest BCUT2D eigenvalue weighted by molar-refractivity contribution is 7.91. The molecule has 1 heterocycles. The molecule has 0 unspecified atom stereocenters. The van der Waals surface area contributed by atoms with Gasteiger partial charge in [-0.2, -0.15) is 0 Å². The van der Waals surface area contributed by atoms with E-state index in [1.54, 1.807) is 0 Å². The van der Waals surface area contributed by atoms with E-state index in [9.17, 15) is 28.1 Å². The third-order valence-electron chi connectivity index (χ3n) is 4.91. The van der Waals surface area contributed by atoms with Gasteiger partial charge in [0.05, 0.1) is 22.0 Å². The first kappa shape index (κ1) is 21.8. The molecule has 0 bridgehead atoms. The van der Waals surface area contributed by atoms with Gasteiger partial charge < -0.3 is 9.64 Å². The molecule has 1 aliphatic heterocycles. The SMILES string of the molecule is CC[C@H](C)N(C(=O)COC(=O)c1ccc([N+](=O)[O-])c(C)c1)[C@@H]1CCS(=O)(=O)C1. The monoisotopic (exact) mass is 412 g/mol. The molecule has 1 fully saturated rings. The quantitative estimate of drug-likeness (QED) is 0.380. The molecule has 2 rings (SSSR count). The van der Waals surface area contributed by atoms with Crippen molar-refractivity contribution in [3.63, 3.8) is 0 Å². The Morgan fingerprint density at radius 1 is 1.39 bits per heavy atom. The minimum atomic E-state index is -3.16. The van der Waals surface area contributed by atoms with Crippen molar-refractivity contribution in [3.05, 3.63) is 39.4 Å². The highest BCUT2D eigenvalue weighted by atomic mass is 32.2. The van der Waals surface area contributed by atoms with Gasteiger partial charge in [0, 0.05) is 23.7 Å². The summed E-state index contributed by atoms with van der Waals surface area (Å²) in [5, 5.41) is 10.9. The summed E-state index contributed by atoms with van der Waals surface area (Å²) >= 11 is 0. The molecule has 10 heteroatoms. The molecule has 0 radical (unpaired) electrons. The molecule has 0 saturated carbocycles. The molecule has 0 aliphatic carbocycles. The molecular weight excluding hydrogens is 388 g/mol. The molecule has 154 valence electrons. The number of sulfone groups is 1. The number of nitro benzene ring substituents is 1. The van der Waals surface area contributed by atoms with E-state index < -0.39 is 39.3 Å². The number of amides is 1. The van der Waals surface area contributed by atoms with Gasteiger partial charge in [-0.15, -0.1) is 0 Å². The van der Waals surface area contributed by atoms with Gasteiger partial charge in [0.15, 0.2) is 16.4 Å². The summed E-state index contributed by atoms with van der Waals surface area (Å²) in [5.41, 5.74) is 0.301. The molecule has 1 aromatic carbocycles. The highest BCUT2D eigenvalue weighted by Crippen LogP contribution is 2.22. The summed E-state index contributed by atoms with van der Waals surface area (Å²) in [6.45, 7) is 4.70. The van der Waals surface area contributed by atoms with Crippen LogP contribution in [-0.4, -0.2) is 60.3 Å². The fourth-order valence-electron chi connectivity index (χ4n) is 3.27. The third kappa shape index (κ3) is 5.06. The van der Waals surface area contributed by atoms with Crippen LogP contribution in [0, 0.1) is 17.0 Å². The second-order valence-corrected chi connectivity index (χ2v) is 9.18. The lowest BCUT2D eigenvalue weighted by Crippen LogP contribution is -2.48. The summed E-state index contributed by atoms with van der Waals surface area (Å²) in [7, 11) is -3.16. The van der Waals surface area contributed by atoms with Gasteiger partial charge in [-0.1, -0.05) is 6.92 Å². The number of rotatable bonds is 7. The predicted octanol–water partition coefficient (Wildman–Crippen LogP) is 1.87. The van der Waals surface area contributed by atoms with Crippen LogP contribution < -0.4 is 0 Å². The van der Waals surface area contributed by atoms with Crippen molar-refractivity contribution in [1.82, 2.24) is 4.90 Å². The zero-order valence-electron chi connectivity index (χ0n) is 16.1. The fraction of sp³-hybridized carbons (Fsp3) is 0.556. The van der Waals surface area contributed by atoms with Gasteiger partial charge in [0.2, 0.25) is 0 Å². The standard InChI is InChI=1S/C18H24N2O7S/c1-4-13(3)19(15-7-8-28(25,26)11-15)17(21)10-27-18(22)14-5-6-16(20(23)24)12(2)9-14/h5-6,9,13,15H,4,7-8,10-11H2,1-3H3/t13-,15+/m0/s1. The lowest BCUT2D eigenvalue weighted by Gasteiger charge is -2.33. The zero-order chi connectivity index (χ0) is 21.1. The molecule has 0 aromatic heterocycles. The summed E-state index contributed by atoms with van der Waals surface area (Å²) in [6, 6.07) is 3.20. The van der Waals surface area contributed by atoms with Gasteiger partial charge in [-0.05, 0) is 38.8 Å². The van der Waals surface area contributed by atoms with Gasteiger partial charge in [-0.25, -0.2) is 13.2 Å². The van der Waals surface area contributed by atoms with E-state index in [-0.39, 0.29) is 28.8 Å². The van der Waals surface area contributed by atoms with Crippen molar-refractivity contribution >= 4 is 27.4 Å². The van der Waals surface area contributed by atoms with E-state index in [4.69, 9.17) is 4.74 Å². The summed E-state index contributed by atoms with van der Waals surface area (Å²) in [4.78, 5) is 36.7. The maximum absolute atomic E-state index is 12.7. The Bertz CT molecular complexity index is 882. The minimum Gasteiger partial charge on any atom is -0.452 e. The molecule has 2 atom stereocenters. The zero-order valence-corrected chi connectivity index (χ0v) is 16.9. The molecule has 0 N–H and O–H groups in total. The first-order chi connectivity index (χ1) is 13.1. The third-order valence-corrected chi connectivity index (χ3v) is 6.66. The highest BCUT2D eigenvalue weighted by Gasteiger charge is 2.36. The van der Waals surface area contributed by atoms with E-state index in [1.807, 2.05) is 13.8 Å². The molecule has 9 nitrogen and oxygen atoms in total. The van der Waals surface area contributed by atoms with Crippen LogP contribution in [0.2, 0.25) is 0 Å². The van der Waals surface area contributed by atoms with Crippen LogP contribution in [0.3, 0.4) is 0 Å². The summed E-state index contributed by atoms with van der Waals surface area (Å²) in [5.74, 6) is -1.27. The van der Waals surface area contributed by atoms with Gasteiger partial charge in [0.1, 0.15) is 0 Å². The van der Waals surface area contributed by atoms with Crippen LogP contribution in [0.25, 0.3) is 0 Å². The summed E-state index contributed by atoms with van der Waals surface area (Å²) < 4.78 is 28.6. The number of carbonyl (C=O) groups is 2. The molecule has 1 saturated heterocycles. The number of ether oxygens (including phenoxy) is 1. The average molecular weight is 412 g/mol. The van der Waals surface area contributed by atoms with Gasteiger partial charge in [-0.3, -0.25) is 14.9 Å². The predicted molar refractivity (Wildman–Crippen MR) is 102 cm³/mol. The van der Waals surface area contributed by atoms with Crippen LogP contribution in [0.15, 0.2) is 18.2 Å². The molecule has 0 spiro atoms. The second kappa shape index (κ2) is 8.68. The van der Waals surface area contributed by atoms with Crippen molar-refractivity contribution in [2.45, 2.75) is 45.7 Å². The van der Waals surface area contributed by atoms with Crippen molar-refractivity contribution < 1.29 is 27.7 Å². The normalized spacial score (nSPS) is 19.0. The van der Waals surface area contributed by atoms with Crippen LogP contribution in [0.4, 0.5) is 5.69 Å². The molecule has 1 aliphatic rings. The topological polar surface area (TPSA) is 124 Å². The molecular formula is C18H24N2O7S. The first-order valence-electron chi connectivity index (χ1n) is 8.99. The van der Waals surface area contributed by atoms with E-state index in [1.165, 1.54) is 30.0 Å². The molecule has 28 heavy (non-hydrogen) atoms. The van der Waals surface area contributed by atoms with Crippen LogP contribution in [-0.2, 0) is 19.4 Å². The number of carbonyl (C=O) groups excluding carboxylic acids is 2. The maximum atomic E-state index is 12.7. The fourth-order valence-corrected chi connectivity index (χ4v) is 4.98. The molecule has 1 aromatic rings. The number of hydrogen-bond donors (Lipinski definition) is 0. The van der Waals surface area contributed by atoms with Crippen molar-refractivity contribution in [2.75, 3.05) is 18.1 Å². The van der Waals surface area contributed by atoms with Crippen molar-refractivity contribution in [1.29, 1.82) is 0 Å². The molecule has 1 amide bonds. The Hall–Kier alpha value is -2.49. The number of nitro groups is 1. The van der Waals surface area contributed by atoms with E-state index >= 15 is 0 Å². The maximum Gasteiger partial charge on any atom is 0.338 e. The Kier molecular flexibility index (Phi) is 6.76. The number of benzene rings is 1. The van der Waals surface area contributed by atoms with Crippen LogP contribution in [0.5, 0.6) is 0 Å². The Balaban J connectivity index is 2.06. The van der Waals surface area contributed by atoms with Crippen LogP contribution in [0.1, 0.15) is 42.6 Å². The lowest BCUT2D eigenvalue weighted by atomic mass is 10.1. The Labute approximate surface area is 163 Å². The summed E-state index contributed by atoms with van der Waals surface area (Å²) in [6.07, 6.45) is 1.01. The number of aryl methyl sites for hydroxylation is 1. The largest absolute Gasteiger partial charge is 0.452 e. The minimum absolute atomic E-state index is 0.0414. The first-order valence-corrected chi connectivity index (χ1v) is 10.8. The van der Waals surface area contributed by atoms with Gasteiger partial charge in [0.25, 0.3) is 11.6 Å². The number of nitrogens with zero attached hydrogens (tertiary/aromatic N) is 2. The van der Waals surface area contributed by atoms with Crippen LogP contribution >= 0.6 is 0 Å². The van der Waals surface area contributed by atoms with Crippen molar-refractivity contribution in [2.24, 2.45) is 0 Å². The van der Waals surface area contributed by atoms with E-state index in [0.29, 0.717) is 18.4 Å². The second-order valence-electron chi connectivity index (χ2n) is 6.95. The Morgan fingerprint density at radius 2 is 2.07 bits per heavy atom.